The molecule has 8 heteroatoms. The Balaban J connectivity index is 1.21. The van der Waals surface area contributed by atoms with Crippen molar-refractivity contribution in [3.05, 3.63) is 83.4 Å². The molecule has 2 aromatic heterocycles. The Morgan fingerprint density at radius 3 is 2.75 bits per heavy atom. The molecule has 1 unspecified atom stereocenters. The molecule has 2 aromatic carbocycles. The molecule has 0 saturated carbocycles. The van der Waals surface area contributed by atoms with E-state index in [0.29, 0.717) is 18.8 Å². The fraction of sp³-hybridized carbons (Fsp3) is 0.292. The van der Waals surface area contributed by atoms with Crippen LogP contribution in [0.15, 0.2) is 54.9 Å². The lowest BCUT2D eigenvalue weighted by Gasteiger charge is -2.23. The smallest absolute Gasteiger partial charge is 0.162 e. The summed E-state index contributed by atoms with van der Waals surface area (Å²) in [6.45, 7) is 2.20. The molecule has 5 rings (SSSR count). The summed E-state index contributed by atoms with van der Waals surface area (Å²) in [4.78, 5) is 11.2. The van der Waals surface area contributed by atoms with Crippen LogP contribution in [-0.4, -0.2) is 38.2 Å². The van der Waals surface area contributed by atoms with E-state index in [2.05, 4.69) is 43.3 Å². The number of hydrogen-bond acceptors (Lipinski definition) is 5. The van der Waals surface area contributed by atoms with Crippen molar-refractivity contribution in [3.8, 4) is 5.75 Å². The van der Waals surface area contributed by atoms with Gasteiger partial charge in [-0.2, -0.15) is 5.10 Å². The SMILES string of the molecule is Fc1ccc(OCCc2cc(C3CCCN3Cc3ccc4nccnc4c3)n[nH]2)cc1F. The number of aromatic nitrogens is 4. The maximum absolute atomic E-state index is 13.3. The van der Waals surface area contributed by atoms with E-state index < -0.39 is 11.6 Å². The first kappa shape index (κ1) is 20.5. The molecule has 6 nitrogen and oxygen atoms in total. The van der Waals surface area contributed by atoms with Gasteiger partial charge >= 0.3 is 0 Å². The topological polar surface area (TPSA) is 66.9 Å². The zero-order valence-corrected chi connectivity index (χ0v) is 17.5. The van der Waals surface area contributed by atoms with Gasteiger partial charge in [-0.3, -0.25) is 20.0 Å². The van der Waals surface area contributed by atoms with Gasteiger partial charge in [-0.1, -0.05) is 6.07 Å². The Hall–Kier alpha value is -3.39. The Kier molecular flexibility index (Phi) is 5.77. The molecule has 0 radical (unpaired) electrons. The van der Waals surface area contributed by atoms with Crippen molar-refractivity contribution in [2.24, 2.45) is 0 Å². The number of H-pyrrole nitrogens is 1. The van der Waals surface area contributed by atoms with E-state index >= 15 is 0 Å². The molecule has 1 fully saturated rings. The molecule has 0 spiro atoms. The molecule has 1 saturated heterocycles. The van der Waals surface area contributed by atoms with Crippen molar-refractivity contribution in [1.29, 1.82) is 0 Å². The molecular weight excluding hydrogens is 412 g/mol. The largest absolute Gasteiger partial charge is 0.493 e. The summed E-state index contributed by atoms with van der Waals surface area (Å²) in [6, 6.07) is 12.1. The lowest BCUT2D eigenvalue weighted by Crippen LogP contribution is -2.23. The summed E-state index contributed by atoms with van der Waals surface area (Å²) in [5.41, 5.74) is 4.99. The van der Waals surface area contributed by atoms with Crippen molar-refractivity contribution < 1.29 is 13.5 Å². The average Bonchev–Trinajstić information content (AvgIpc) is 3.45. The lowest BCUT2D eigenvalue weighted by atomic mass is 10.1. The van der Waals surface area contributed by atoms with Crippen molar-refractivity contribution in [2.75, 3.05) is 13.2 Å². The number of hydrogen-bond donors (Lipinski definition) is 1. The highest BCUT2D eigenvalue weighted by atomic mass is 19.2. The fourth-order valence-electron chi connectivity index (χ4n) is 4.22. The van der Waals surface area contributed by atoms with Gasteiger partial charge in [-0.25, -0.2) is 8.78 Å². The van der Waals surface area contributed by atoms with Crippen LogP contribution in [0.3, 0.4) is 0 Å². The van der Waals surface area contributed by atoms with Gasteiger partial charge in [0.15, 0.2) is 11.6 Å². The fourth-order valence-corrected chi connectivity index (χ4v) is 4.22. The third kappa shape index (κ3) is 4.45. The Morgan fingerprint density at radius 1 is 1.00 bits per heavy atom. The summed E-state index contributed by atoms with van der Waals surface area (Å²) < 4.78 is 31.9. The van der Waals surface area contributed by atoms with E-state index in [4.69, 9.17) is 4.74 Å². The zero-order valence-electron chi connectivity index (χ0n) is 17.5. The minimum absolute atomic E-state index is 0.254. The van der Waals surface area contributed by atoms with Crippen LogP contribution in [-0.2, 0) is 13.0 Å². The minimum Gasteiger partial charge on any atom is -0.493 e. The van der Waals surface area contributed by atoms with Gasteiger partial charge in [-0.15, -0.1) is 0 Å². The van der Waals surface area contributed by atoms with Gasteiger partial charge in [0, 0.05) is 37.1 Å². The van der Waals surface area contributed by atoms with Crippen LogP contribution >= 0.6 is 0 Å². The lowest BCUT2D eigenvalue weighted by molar-refractivity contribution is 0.244. The third-order valence-corrected chi connectivity index (χ3v) is 5.81. The van der Waals surface area contributed by atoms with Crippen molar-refractivity contribution in [3.63, 3.8) is 0 Å². The first-order valence-corrected chi connectivity index (χ1v) is 10.7. The first-order chi connectivity index (χ1) is 15.7. The number of benzene rings is 2. The Morgan fingerprint density at radius 2 is 1.88 bits per heavy atom. The van der Waals surface area contributed by atoms with Gasteiger partial charge in [0.1, 0.15) is 5.75 Å². The highest BCUT2D eigenvalue weighted by molar-refractivity contribution is 5.74. The highest BCUT2D eigenvalue weighted by Crippen LogP contribution is 2.32. The Bertz CT molecular complexity index is 1230. The quantitative estimate of drug-likeness (QED) is 0.460. The first-order valence-electron chi connectivity index (χ1n) is 10.7. The second-order valence-electron chi connectivity index (χ2n) is 8.00. The monoisotopic (exact) mass is 435 g/mol. The van der Waals surface area contributed by atoms with Crippen LogP contribution in [0.5, 0.6) is 5.75 Å². The second-order valence-corrected chi connectivity index (χ2v) is 8.00. The predicted octanol–water partition coefficient (Wildman–Crippen LogP) is 4.59. The van der Waals surface area contributed by atoms with Crippen molar-refractivity contribution in [2.45, 2.75) is 31.8 Å². The maximum Gasteiger partial charge on any atom is 0.162 e. The average molecular weight is 435 g/mol. The summed E-state index contributed by atoms with van der Waals surface area (Å²) in [5.74, 6) is -1.48. The molecular formula is C24H23F2N5O. The molecule has 1 aliphatic rings. The van der Waals surface area contributed by atoms with E-state index in [9.17, 15) is 8.78 Å². The van der Waals surface area contributed by atoms with E-state index in [1.54, 1.807) is 12.4 Å². The number of nitrogens with zero attached hydrogens (tertiary/aromatic N) is 4. The molecule has 1 N–H and O–H groups in total. The predicted molar refractivity (Wildman–Crippen MR) is 116 cm³/mol. The number of halogens is 2. The van der Waals surface area contributed by atoms with E-state index in [0.717, 1.165) is 60.5 Å². The number of rotatable bonds is 7. The molecule has 164 valence electrons. The summed E-state index contributed by atoms with van der Waals surface area (Å²) in [6.07, 6.45) is 6.20. The van der Waals surface area contributed by atoms with Crippen LogP contribution in [0, 0.1) is 11.6 Å². The Labute approximate surface area is 184 Å². The van der Waals surface area contributed by atoms with Gasteiger partial charge in [0.2, 0.25) is 0 Å². The van der Waals surface area contributed by atoms with Gasteiger partial charge in [-0.05, 0) is 55.3 Å². The number of ether oxygens (including phenoxy) is 1. The van der Waals surface area contributed by atoms with E-state index in [1.165, 1.54) is 11.6 Å². The van der Waals surface area contributed by atoms with Crippen LogP contribution in [0.4, 0.5) is 8.78 Å². The van der Waals surface area contributed by atoms with Gasteiger partial charge in [0.25, 0.3) is 0 Å². The highest BCUT2D eigenvalue weighted by Gasteiger charge is 2.28. The molecule has 4 aromatic rings. The molecule has 0 amide bonds. The summed E-state index contributed by atoms with van der Waals surface area (Å²) in [7, 11) is 0. The normalized spacial score (nSPS) is 16.6. The maximum atomic E-state index is 13.3. The number of fused-ring (bicyclic) bond motifs is 1. The summed E-state index contributed by atoms with van der Waals surface area (Å²) in [5, 5.41) is 7.63. The molecule has 3 heterocycles. The minimum atomic E-state index is -0.911. The van der Waals surface area contributed by atoms with E-state index in [-0.39, 0.29) is 6.04 Å². The van der Waals surface area contributed by atoms with Crippen molar-refractivity contribution >= 4 is 11.0 Å². The molecule has 1 atom stereocenters. The van der Waals surface area contributed by atoms with Crippen LogP contribution in [0.1, 0.15) is 35.8 Å². The molecule has 32 heavy (non-hydrogen) atoms. The van der Waals surface area contributed by atoms with Gasteiger partial charge < -0.3 is 4.74 Å². The number of likely N-dealkylation sites (tertiary alicyclic amines) is 1. The summed E-state index contributed by atoms with van der Waals surface area (Å²) >= 11 is 0. The number of aromatic amines is 1. The molecule has 0 aliphatic carbocycles. The van der Waals surface area contributed by atoms with Crippen LogP contribution in [0.25, 0.3) is 11.0 Å². The standard InChI is InChI=1S/C24H23F2N5O/c25-19-5-4-18(14-20(19)26)32-11-7-17-13-23(30-29-17)24-2-1-10-31(24)15-16-3-6-21-22(12-16)28-9-8-27-21/h3-6,8-9,12-14,24H,1-2,7,10-11,15H2,(H,29,30). The van der Waals surface area contributed by atoms with E-state index in [1.807, 2.05) is 6.07 Å². The zero-order chi connectivity index (χ0) is 21.9. The van der Waals surface area contributed by atoms with Crippen LogP contribution in [0.2, 0.25) is 0 Å². The van der Waals surface area contributed by atoms with Crippen molar-refractivity contribution in [1.82, 2.24) is 25.1 Å². The molecule has 1 aliphatic heterocycles. The third-order valence-electron chi connectivity index (χ3n) is 5.81. The second kappa shape index (κ2) is 9.00. The van der Waals surface area contributed by atoms with Gasteiger partial charge in [0.05, 0.1) is 29.4 Å². The van der Waals surface area contributed by atoms with Crippen LogP contribution < -0.4 is 4.74 Å². The number of nitrogens with one attached hydrogen (secondary N) is 1. The molecule has 0 bridgehead atoms.